The van der Waals surface area contributed by atoms with Gasteiger partial charge in [0.25, 0.3) is 11.8 Å². The third-order valence-electron chi connectivity index (χ3n) is 4.86. The van der Waals surface area contributed by atoms with E-state index in [0.29, 0.717) is 22.7 Å². The summed E-state index contributed by atoms with van der Waals surface area (Å²) in [6.45, 7) is 8.11. The van der Waals surface area contributed by atoms with Gasteiger partial charge in [0.15, 0.2) is 6.10 Å². The summed E-state index contributed by atoms with van der Waals surface area (Å²) in [7, 11) is 0. The molecule has 0 fully saturated rings. The van der Waals surface area contributed by atoms with Crippen LogP contribution in [0.2, 0.25) is 0 Å². The molecule has 3 rings (SSSR count). The van der Waals surface area contributed by atoms with E-state index in [9.17, 15) is 9.59 Å². The number of anilines is 2. The van der Waals surface area contributed by atoms with Crippen LogP contribution in [0.15, 0.2) is 78.9 Å². The topological polar surface area (TPSA) is 67.4 Å². The van der Waals surface area contributed by atoms with Gasteiger partial charge in [0.1, 0.15) is 5.75 Å². The Morgan fingerprint density at radius 3 is 2.06 bits per heavy atom. The highest BCUT2D eigenvalue weighted by Crippen LogP contribution is 2.25. The van der Waals surface area contributed by atoms with E-state index in [1.165, 1.54) is 5.56 Å². The SMILES string of the molecule is CC(Oc1ccc(C(C)(C)C)cc1)C(=O)Nc1ccccc1C(=O)Nc1ccccc1. The van der Waals surface area contributed by atoms with Crippen molar-refractivity contribution in [3.05, 3.63) is 90.0 Å². The molecule has 0 radical (unpaired) electrons. The van der Waals surface area contributed by atoms with Crippen LogP contribution >= 0.6 is 0 Å². The number of rotatable bonds is 6. The molecule has 1 unspecified atom stereocenters. The van der Waals surface area contributed by atoms with Crippen molar-refractivity contribution in [3.8, 4) is 5.75 Å². The normalized spacial score (nSPS) is 12.0. The van der Waals surface area contributed by atoms with Crippen molar-refractivity contribution in [1.29, 1.82) is 0 Å². The fourth-order valence-electron chi connectivity index (χ4n) is 3.04. The summed E-state index contributed by atoms with van der Waals surface area (Å²) in [5.74, 6) is -0.0148. The number of amides is 2. The van der Waals surface area contributed by atoms with Gasteiger partial charge < -0.3 is 15.4 Å². The Hall–Kier alpha value is -3.60. The van der Waals surface area contributed by atoms with Crippen LogP contribution in [0.3, 0.4) is 0 Å². The van der Waals surface area contributed by atoms with Crippen LogP contribution < -0.4 is 15.4 Å². The van der Waals surface area contributed by atoms with E-state index in [0.717, 1.165) is 0 Å². The Kier molecular flexibility index (Phi) is 6.75. The van der Waals surface area contributed by atoms with Gasteiger partial charge in [-0.1, -0.05) is 63.2 Å². The van der Waals surface area contributed by atoms with Crippen molar-refractivity contribution in [2.24, 2.45) is 0 Å². The van der Waals surface area contributed by atoms with Crippen LogP contribution in [-0.4, -0.2) is 17.9 Å². The molecule has 3 aromatic carbocycles. The van der Waals surface area contributed by atoms with E-state index in [4.69, 9.17) is 4.74 Å². The first-order chi connectivity index (χ1) is 14.7. The number of hydrogen-bond acceptors (Lipinski definition) is 3. The number of ether oxygens (including phenoxy) is 1. The van der Waals surface area contributed by atoms with Crippen molar-refractivity contribution in [1.82, 2.24) is 0 Å². The van der Waals surface area contributed by atoms with Gasteiger partial charge in [-0.3, -0.25) is 9.59 Å². The lowest BCUT2D eigenvalue weighted by atomic mass is 9.87. The molecule has 2 amide bonds. The highest BCUT2D eigenvalue weighted by molar-refractivity contribution is 6.10. The van der Waals surface area contributed by atoms with Crippen LogP contribution in [0, 0.1) is 0 Å². The zero-order valence-corrected chi connectivity index (χ0v) is 18.3. The van der Waals surface area contributed by atoms with Crippen molar-refractivity contribution < 1.29 is 14.3 Å². The van der Waals surface area contributed by atoms with Crippen molar-refractivity contribution >= 4 is 23.2 Å². The molecule has 0 saturated heterocycles. The average Bonchev–Trinajstić information content (AvgIpc) is 2.74. The van der Waals surface area contributed by atoms with E-state index in [1.54, 1.807) is 43.3 Å². The molecular formula is C26H28N2O3. The van der Waals surface area contributed by atoms with Gasteiger partial charge in [-0.15, -0.1) is 0 Å². The van der Waals surface area contributed by atoms with E-state index in [1.807, 2.05) is 42.5 Å². The first-order valence-corrected chi connectivity index (χ1v) is 10.3. The first kappa shape index (κ1) is 22.1. The van der Waals surface area contributed by atoms with Crippen LogP contribution in [-0.2, 0) is 10.2 Å². The number of para-hydroxylation sites is 2. The minimum absolute atomic E-state index is 0.0472. The highest BCUT2D eigenvalue weighted by atomic mass is 16.5. The predicted molar refractivity (Wildman–Crippen MR) is 125 cm³/mol. The minimum atomic E-state index is -0.731. The zero-order chi connectivity index (χ0) is 22.4. The summed E-state index contributed by atoms with van der Waals surface area (Å²) in [6, 6.07) is 23.8. The van der Waals surface area contributed by atoms with Gasteiger partial charge in [-0.25, -0.2) is 0 Å². The molecule has 0 spiro atoms. The van der Waals surface area contributed by atoms with Gasteiger partial charge in [0.05, 0.1) is 11.3 Å². The Morgan fingerprint density at radius 1 is 0.806 bits per heavy atom. The third kappa shape index (κ3) is 5.95. The smallest absolute Gasteiger partial charge is 0.265 e. The van der Waals surface area contributed by atoms with E-state index >= 15 is 0 Å². The van der Waals surface area contributed by atoms with E-state index in [-0.39, 0.29) is 17.2 Å². The molecule has 3 aromatic rings. The number of nitrogens with one attached hydrogen (secondary N) is 2. The van der Waals surface area contributed by atoms with Gasteiger partial charge in [0, 0.05) is 5.69 Å². The first-order valence-electron chi connectivity index (χ1n) is 10.3. The summed E-state index contributed by atoms with van der Waals surface area (Å²) in [4.78, 5) is 25.4. The quantitative estimate of drug-likeness (QED) is 0.546. The molecule has 0 aliphatic heterocycles. The summed E-state index contributed by atoms with van der Waals surface area (Å²) in [5.41, 5.74) is 2.73. The van der Waals surface area contributed by atoms with E-state index < -0.39 is 6.10 Å². The molecule has 2 N–H and O–H groups in total. The average molecular weight is 417 g/mol. The van der Waals surface area contributed by atoms with Gasteiger partial charge in [-0.05, 0) is 54.3 Å². The minimum Gasteiger partial charge on any atom is -0.481 e. The van der Waals surface area contributed by atoms with Gasteiger partial charge >= 0.3 is 0 Å². The number of carbonyl (C=O) groups is 2. The third-order valence-corrected chi connectivity index (χ3v) is 4.86. The van der Waals surface area contributed by atoms with E-state index in [2.05, 4.69) is 31.4 Å². The summed E-state index contributed by atoms with van der Waals surface area (Å²) in [5, 5.41) is 5.64. The summed E-state index contributed by atoms with van der Waals surface area (Å²) >= 11 is 0. The molecule has 5 heteroatoms. The molecule has 0 aromatic heterocycles. The molecule has 5 nitrogen and oxygen atoms in total. The maximum absolute atomic E-state index is 12.7. The molecule has 0 aliphatic rings. The zero-order valence-electron chi connectivity index (χ0n) is 18.3. The number of hydrogen-bond donors (Lipinski definition) is 2. The standard InChI is InChI=1S/C26H28N2O3/c1-18(31-21-16-14-19(15-17-21)26(2,3)4)24(29)28-23-13-9-8-12-22(23)25(30)27-20-10-6-5-7-11-20/h5-18H,1-4H3,(H,27,30)(H,28,29). The number of benzene rings is 3. The maximum Gasteiger partial charge on any atom is 0.265 e. The fraction of sp³-hybridized carbons (Fsp3) is 0.231. The van der Waals surface area contributed by atoms with Gasteiger partial charge in [-0.2, -0.15) is 0 Å². The largest absolute Gasteiger partial charge is 0.481 e. The van der Waals surface area contributed by atoms with Crippen molar-refractivity contribution in [3.63, 3.8) is 0 Å². The molecule has 0 aliphatic carbocycles. The molecule has 31 heavy (non-hydrogen) atoms. The second-order valence-corrected chi connectivity index (χ2v) is 8.39. The Labute approximate surface area is 183 Å². The predicted octanol–water partition coefficient (Wildman–Crippen LogP) is 5.64. The van der Waals surface area contributed by atoms with Crippen molar-refractivity contribution in [2.45, 2.75) is 39.2 Å². The Bertz CT molecular complexity index is 1040. The second-order valence-electron chi connectivity index (χ2n) is 8.39. The molecule has 0 heterocycles. The molecule has 160 valence electrons. The lowest BCUT2D eigenvalue weighted by Crippen LogP contribution is -2.31. The molecule has 0 bridgehead atoms. The van der Waals surface area contributed by atoms with Crippen LogP contribution in [0.5, 0.6) is 5.75 Å². The lowest BCUT2D eigenvalue weighted by molar-refractivity contribution is -0.122. The van der Waals surface area contributed by atoms with Crippen LogP contribution in [0.4, 0.5) is 11.4 Å². The second kappa shape index (κ2) is 9.47. The van der Waals surface area contributed by atoms with Crippen molar-refractivity contribution in [2.75, 3.05) is 10.6 Å². The molecular weight excluding hydrogens is 388 g/mol. The highest BCUT2D eigenvalue weighted by Gasteiger charge is 2.19. The lowest BCUT2D eigenvalue weighted by Gasteiger charge is -2.20. The Morgan fingerprint density at radius 2 is 1.42 bits per heavy atom. The summed E-state index contributed by atoms with van der Waals surface area (Å²) < 4.78 is 5.80. The molecule has 0 saturated carbocycles. The maximum atomic E-state index is 12.7. The number of carbonyl (C=O) groups excluding carboxylic acids is 2. The Balaban J connectivity index is 1.67. The fourth-order valence-corrected chi connectivity index (χ4v) is 3.04. The molecule has 1 atom stereocenters. The van der Waals surface area contributed by atoms with Gasteiger partial charge in [0.2, 0.25) is 0 Å². The summed E-state index contributed by atoms with van der Waals surface area (Å²) in [6.07, 6.45) is -0.731. The van der Waals surface area contributed by atoms with Crippen LogP contribution in [0.25, 0.3) is 0 Å². The van der Waals surface area contributed by atoms with Crippen LogP contribution in [0.1, 0.15) is 43.6 Å². The monoisotopic (exact) mass is 416 g/mol.